The van der Waals surface area contributed by atoms with Gasteiger partial charge in [0.1, 0.15) is 0 Å². The van der Waals surface area contributed by atoms with Gasteiger partial charge in [0.25, 0.3) is 0 Å². The zero-order valence-electron chi connectivity index (χ0n) is 26.3. The Kier molecular flexibility index (Phi) is 14.1. The Labute approximate surface area is 330 Å². The second kappa shape index (κ2) is 15.2. The van der Waals surface area contributed by atoms with Crippen molar-refractivity contribution >= 4 is 55.3 Å². The molecule has 358 valence electrons. The van der Waals surface area contributed by atoms with Crippen molar-refractivity contribution in [2.75, 3.05) is 0 Å². The summed E-state index contributed by atoms with van der Waals surface area (Å²) in [4.78, 5) is 0. The van der Waals surface area contributed by atoms with Crippen molar-refractivity contribution in [3.8, 4) is 0 Å². The monoisotopic (exact) mass is 1130 g/mol. The van der Waals surface area contributed by atoms with Gasteiger partial charge in [-0.3, -0.25) is 0 Å². The maximum Gasteiger partial charge on any atom is 0.460 e. The first-order valence-electron chi connectivity index (χ1n) is 13.3. The van der Waals surface area contributed by atoms with Crippen molar-refractivity contribution in [3.05, 3.63) is 30.9 Å². The summed E-state index contributed by atoms with van der Waals surface area (Å²) in [5, 5.41) is 0. The molecule has 1 heterocycles. The third-order valence-electron chi connectivity index (χ3n) is 7.30. The Morgan fingerprint density at radius 1 is 0.262 bits per heavy atom. The van der Waals surface area contributed by atoms with Crippen LogP contribution in [0.4, 0.5) is 149 Å². The summed E-state index contributed by atoms with van der Waals surface area (Å²) in [7, 11) is 0. The lowest BCUT2D eigenvalue weighted by Gasteiger charge is -2.42. The van der Waals surface area contributed by atoms with Crippen molar-refractivity contribution in [2.24, 2.45) is 0 Å². The van der Waals surface area contributed by atoms with Gasteiger partial charge in [0, 0.05) is 11.1 Å². The molecule has 0 spiro atoms. The van der Waals surface area contributed by atoms with Gasteiger partial charge in [-0.05, 0) is 44.0 Å². The molecule has 61 heavy (non-hydrogen) atoms. The van der Waals surface area contributed by atoms with Gasteiger partial charge in [-0.15, -0.1) is 11.3 Å². The third-order valence-corrected chi connectivity index (χ3v) is 9.93. The van der Waals surface area contributed by atoms with Crippen LogP contribution < -0.4 is 0 Å². The largest absolute Gasteiger partial charge is 0.460 e. The second-order valence-corrected chi connectivity index (χ2v) is 14.9. The van der Waals surface area contributed by atoms with E-state index < -0.39 is 138 Å². The lowest BCUT2D eigenvalue weighted by atomic mass is 9.88. The first kappa shape index (κ1) is 56.8. The Hall–Kier alpha value is -2.24. The van der Waals surface area contributed by atoms with E-state index in [0.717, 1.165) is 0 Å². The highest BCUT2D eigenvalue weighted by Gasteiger charge is 2.96. The molecule has 1 aromatic rings. The fourth-order valence-electron chi connectivity index (χ4n) is 3.65. The molecule has 0 amide bonds. The van der Waals surface area contributed by atoms with Crippen LogP contribution in [-0.2, 0) is 0 Å². The summed E-state index contributed by atoms with van der Waals surface area (Å²) in [6.07, 6.45) is -22.2. The van der Waals surface area contributed by atoms with E-state index in [1.165, 1.54) is 0 Å². The molecule has 0 radical (unpaired) electrons. The normalized spacial score (nSPS) is 16.7. The molecule has 0 atom stereocenters. The lowest BCUT2D eigenvalue weighted by Crippen LogP contribution is -2.74. The van der Waals surface area contributed by atoms with Crippen LogP contribution in [-0.4, -0.2) is 95.3 Å². The van der Waals surface area contributed by atoms with Crippen LogP contribution in [0.15, 0.2) is 19.7 Å². The smallest absolute Gasteiger partial charge is 0.195 e. The van der Waals surface area contributed by atoms with Crippen LogP contribution in [0.25, 0.3) is 12.2 Å². The Morgan fingerprint density at radius 3 is 0.607 bits per heavy atom. The van der Waals surface area contributed by atoms with Crippen LogP contribution in [0.5, 0.6) is 0 Å². The average molecular weight is 1130 g/mol. The number of rotatable bonds is 16. The van der Waals surface area contributed by atoms with Crippen LogP contribution in [0.3, 0.4) is 0 Å². The van der Waals surface area contributed by atoms with E-state index in [1.807, 2.05) is 0 Å². The van der Waals surface area contributed by atoms with Gasteiger partial charge in [0.15, 0.2) is 0 Å². The fraction of sp³-hybridized carbons (Fsp3) is 0.667. The highest BCUT2D eigenvalue weighted by Crippen LogP contribution is 2.66. The number of halogens is 36. The number of hydrogen-bond donors (Lipinski definition) is 0. The fourth-order valence-corrected chi connectivity index (χ4v) is 6.70. The molecule has 0 aliphatic rings. The van der Waals surface area contributed by atoms with Crippen molar-refractivity contribution in [1.29, 1.82) is 0 Å². The van der Waals surface area contributed by atoms with Crippen LogP contribution >= 0.6 is 43.2 Å². The Balaban J connectivity index is 3.88. The van der Waals surface area contributed by atoms with E-state index >= 15 is 0 Å². The zero-order valence-corrected chi connectivity index (χ0v) is 30.3. The van der Waals surface area contributed by atoms with Crippen LogP contribution in [0.1, 0.15) is 11.1 Å². The molecule has 0 aromatic carbocycles. The van der Waals surface area contributed by atoms with Gasteiger partial charge in [-0.1, -0.05) is 12.2 Å². The lowest BCUT2D eigenvalue weighted by molar-refractivity contribution is -0.459. The maximum absolute atomic E-state index is 14.3. The summed E-state index contributed by atoms with van der Waals surface area (Å²) < 4.78 is 456. The summed E-state index contributed by atoms with van der Waals surface area (Å²) in [5.74, 6) is -121. The van der Waals surface area contributed by atoms with E-state index in [9.17, 15) is 149 Å². The predicted molar refractivity (Wildman–Crippen MR) is 139 cm³/mol. The molecule has 0 aliphatic heterocycles. The standard InChI is InChI=1S/C24H4Br2F34S/c25-7-5(1-3-9(27,28)11(31,32)13(35,36)15(39,40)17(43,44)19(47,48)21(51,52)23(55,56)57)6(8(26)61-7)2-4-10(29,30)12(33,34)14(37,38)16(41,42)18(45,46)20(49,50)22(53,54)24(58,59)60/h1-4H/b3-1+,4-2+. The molecule has 1 rings (SSSR count). The molecular weight excluding hydrogens is 1130 g/mol. The van der Waals surface area contributed by atoms with Crippen LogP contribution in [0, 0.1) is 0 Å². The van der Waals surface area contributed by atoms with Crippen molar-refractivity contribution in [2.45, 2.75) is 95.3 Å². The van der Waals surface area contributed by atoms with Gasteiger partial charge >= 0.3 is 95.3 Å². The minimum absolute atomic E-state index is 0.309. The molecule has 0 bridgehead atoms. The molecule has 0 fully saturated rings. The molecule has 0 nitrogen and oxygen atoms in total. The minimum atomic E-state index is -9.09. The van der Waals surface area contributed by atoms with Gasteiger partial charge in [0.2, 0.25) is 0 Å². The summed E-state index contributed by atoms with van der Waals surface area (Å²) in [6, 6.07) is 0. The van der Waals surface area contributed by atoms with Gasteiger partial charge in [-0.25, -0.2) is 0 Å². The highest BCUT2D eigenvalue weighted by molar-refractivity contribution is 9.12. The van der Waals surface area contributed by atoms with E-state index in [1.54, 1.807) is 0 Å². The van der Waals surface area contributed by atoms with Crippen molar-refractivity contribution in [3.63, 3.8) is 0 Å². The summed E-state index contributed by atoms with van der Waals surface area (Å²) in [5.41, 5.74) is -3.62. The SMILES string of the molecule is FC(F)(F)C(F)(F)C(F)(F)C(F)(F)C(F)(F)C(F)(F)C(F)(F)C(F)(F)/C=C/c1c(Br)sc(Br)c1/C=C/C(F)(F)C(F)(F)C(F)(F)C(F)(F)C(F)(F)C(F)(F)C(F)(F)C(F)(F)F. The van der Waals surface area contributed by atoms with E-state index in [-0.39, 0.29) is 11.3 Å². The quantitative estimate of drug-likeness (QED) is 0.145. The number of thiophene rings is 1. The van der Waals surface area contributed by atoms with Crippen LogP contribution in [0.2, 0.25) is 0 Å². The first-order valence-corrected chi connectivity index (χ1v) is 15.7. The van der Waals surface area contributed by atoms with Crippen molar-refractivity contribution in [1.82, 2.24) is 0 Å². The number of allylic oxidation sites excluding steroid dienone is 2. The van der Waals surface area contributed by atoms with Crippen molar-refractivity contribution < 1.29 is 149 Å². The molecule has 0 N–H and O–H groups in total. The minimum Gasteiger partial charge on any atom is -0.195 e. The summed E-state index contributed by atoms with van der Waals surface area (Å²) in [6.45, 7) is 0. The van der Waals surface area contributed by atoms with Gasteiger partial charge < -0.3 is 0 Å². The molecule has 37 heteroatoms. The van der Waals surface area contributed by atoms with Gasteiger partial charge in [0.05, 0.1) is 7.57 Å². The topological polar surface area (TPSA) is 0 Å². The van der Waals surface area contributed by atoms with Gasteiger partial charge in [-0.2, -0.15) is 149 Å². The number of hydrogen-bond acceptors (Lipinski definition) is 1. The maximum atomic E-state index is 14.3. The van der Waals surface area contributed by atoms with E-state index in [4.69, 9.17) is 0 Å². The second-order valence-electron chi connectivity index (χ2n) is 11.3. The summed E-state index contributed by atoms with van der Waals surface area (Å²) >= 11 is 3.96. The van der Waals surface area contributed by atoms with E-state index in [2.05, 4.69) is 31.9 Å². The average Bonchev–Trinajstić information content (AvgIpc) is 3.31. The highest BCUT2D eigenvalue weighted by atomic mass is 79.9. The Bertz CT molecular complexity index is 1690. The number of alkyl halides is 34. The molecule has 0 saturated carbocycles. The first-order chi connectivity index (χ1) is 26.0. The molecule has 0 aliphatic carbocycles. The molecular formula is C24H4Br2F34S. The molecule has 0 unspecified atom stereocenters. The Morgan fingerprint density at radius 2 is 0.426 bits per heavy atom. The predicted octanol–water partition coefficient (Wildman–Crippen LogP) is 15.3. The molecule has 0 saturated heterocycles. The van der Waals surface area contributed by atoms with E-state index in [0.29, 0.717) is 0 Å². The molecule has 1 aromatic heterocycles. The zero-order chi connectivity index (χ0) is 49.8. The third kappa shape index (κ3) is 7.80.